The molecule has 146 valence electrons. The minimum atomic E-state index is -0.274. The summed E-state index contributed by atoms with van der Waals surface area (Å²) in [6, 6.07) is 5.54. The number of aromatic nitrogens is 1. The molecule has 2 aromatic rings. The molecule has 0 saturated heterocycles. The number of nitrogen functional groups attached to an aromatic ring is 1. The molecule has 0 unspecified atom stereocenters. The minimum Gasteiger partial charge on any atom is -0.398 e. The van der Waals surface area contributed by atoms with E-state index in [9.17, 15) is 9.59 Å². The molecule has 28 heavy (non-hydrogen) atoms. The summed E-state index contributed by atoms with van der Waals surface area (Å²) in [5, 5.41) is 2.84. The van der Waals surface area contributed by atoms with Gasteiger partial charge in [0.15, 0.2) is 0 Å². The van der Waals surface area contributed by atoms with E-state index in [1.807, 2.05) is 64.1 Å². The van der Waals surface area contributed by atoms with E-state index in [0.717, 1.165) is 22.4 Å². The minimum absolute atomic E-state index is 0.147. The van der Waals surface area contributed by atoms with Crippen molar-refractivity contribution < 1.29 is 4.79 Å². The zero-order chi connectivity index (χ0) is 20.8. The molecule has 0 radical (unpaired) electrons. The first-order chi connectivity index (χ1) is 13.3. The van der Waals surface area contributed by atoms with Crippen molar-refractivity contribution >= 4 is 17.2 Å². The molecule has 0 aliphatic heterocycles. The van der Waals surface area contributed by atoms with E-state index in [-0.39, 0.29) is 18.0 Å². The summed E-state index contributed by atoms with van der Waals surface area (Å²) >= 11 is 0. The average Bonchev–Trinajstić information content (AvgIpc) is 2.62. The number of pyridine rings is 1. The maximum atomic E-state index is 12.8. The van der Waals surface area contributed by atoms with Gasteiger partial charge < -0.3 is 16.0 Å². The number of benzene rings is 1. The molecule has 1 aromatic carbocycles. The molecule has 1 heterocycles. The summed E-state index contributed by atoms with van der Waals surface area (Å²) < 4.78 is 0. The lowest BCUT2D eigenvalue weighted by molar-refractivity contribution is 0.0950. The highest BCUT2D eigenvalue weighted by Gasteiger charge is 2.15. The second-order valence-electron chi connectivity index (χ2n) is 6.72. The molecule has 1 aromatic heterocycles. The number of carbonyl (C=O) groups is 1. The van der Waals surface area contributed by atoms with Crippen LogP contribution in [0.4, 0.5) is 5.69 Å². The van der Waals surface area contributed by atoms with Gasteiger partial charge in [-0.2, -0.15) is 0 Å². The van der Waals surface area contributed by atoms with E-state index in [1.54, 1.807) is 6.08 Å². The number of rotatable bonds is 6. The number of allylic oxidation sites excluding steroid dienone is 5. The Morgan fingerprint density at radius 3 is 2.57 bits per heavy atom. The number of nitrogens with one attached hydrogen (secondary N) is 2. The second kappa shape index (κ2) is 9.04. The third kappa shape index (κ3) is 4.68. The summed E-state index contributed by atoms with van der Waals surface area (Å²) in [7, 11) is 0. The van der Waals surface area contributed by atoms with Crippen LogP contribution in [-0.4, -0.2) is 10.9 Å². The van der Waals surface area contributed by atoms with E-state index >= 15 is 0 Å². The molecule has 1 amide bonds. The third-order valence-corrected chi connectivity index (χ3v) is 4.59. The van der Waals surface area contributed by atoms with Gasteiger partial charge in [0, 0.05) is 29.1 Å². The fourth-order valence-electron chi connectivity index (χ4n) is 3.06. The number of nitrogens with two attached hydrogens (primary N) is 1. The van der Waals surface area contributed by atoms with Crippen LogP contribution < -0.4 is 16.6 Å². The summed E-state index contributed by atoms with van der Waals surface area (Å²) in [6.45, 7) is 11.3. The van der Waals surface area contributed by atoms with Gasteiger partial charge in [0.25, 0.3) is 11.5 Å². The topological polar surface area (TPSA) is 88.0 Å². The molecule has 2 rings (SSSR count). The van der Waals surface area contributed by atoms with E-state index in [0.29, 0.717) is 22.4 Å². The summed E-state index contributed by atoms with van der Waals surface area (Å²) in [6.07, 6.45) is 7.40. The Labute approximate surface area is 165 Å². The number of hydrogen-bond acceptors (Lipinski definition) is 3. The SMILES string of the molecule is C=C/C=C(\C=C/C)c1cc(N)c(C)c(C(=O)NCc2c(C)cc(C)[nH]c2=O)c1. The standard InChI is InChI=1S/C23H27N3O2/c1-6-8-17(9-7-2)18-11-19(16(5)21(24)12-18)22(27)25-13-20-14(3)10-15(4)26-23(20)28/h6-12H,1,13,24H2,2-5H3,(H,25,27)(H,26,28)/b9-7-,17-8+. The summed E-state index contributed by atoms with van der Waals surface area (Å²) in [5.74, 6) is -0.274. The van der Waals surface area contributed by atoms with Crippen molar-refractivity contribution in [3.05, 3.63) is 92.9 Å². The molecular weight excluding hydrogens is 350 g/mol. The Balaban J connectivity index is 2.37. The van der Waals surface area contributed by atoms with Gasteiger partial charge in [-0.15, -0.1) is 0 Å². The van der Waals surface area contributed by atoms with Crippen molar-refractivity contribution in [1.82, 2.24) is 10.3 Å². The van der Waals surface area contributed by atoms with Crippen molar-refractivity contribution in [2.24, 2.45) is 0 Å². The van der Waals surface area contributed by atoms with Gasteiger partial charge in [0.1, 0.15) is 0 Å². The number of aromatic amines is 1. The molecule has 4 N–H and O–H groups in total. The smallest absolute Gasteiger partial charge is 0.253 e. The first-order valence-corrected chi connectivity index (χ1v) is 9.12. The lowest BCUT2D eigenvalue weighted by Crippen LogP contribution is -2.28. The lowest BCUT2D eigenvalue weighted by atomic mass is 9.97. The monoisotopic (exact) mass is 377 g/mol. The second-order valence-corrected chi connectivity index (χ2v) is 6.72. The first-order valence-electron chi connectivity index (χ1n) is 9.12. The molecule has 0 bridgehead atoms. The lowest BCUT2D eigenvalue weighted by Gasteiger charge is -2.14. The Bertz CT molecular complexity index is 1030. The maximum absolute atomic E-state index is 12.8. The van der Waals surface area contributed by atoms with Crippen LogP contribution in [-0.2, 0) is 6.54 Å². The van der Waals surface area contributed by atoms with Crippen LogP contribution in [0.3, 0.4) is 0 Å². The molecule has 5 nitrogen and oxygen atoms in total. The normalized spacial score (nSPS) is 11.6. The van der Waals surface area contributed by atoms with Gasteiger partial charge in [-0.3, -0.25) is 9.59 Å². The highest BCUT2D eigenvalue weighted by molar-refractivity contribution is 5.98. The molecular formula is C23H27N3O2. The predicted octanol–water partition coefficient (Wildman–Crippen LogP) is 3.96. The van der Waals surface area contributed by atoms with Crippen molar-refractivity contribution in [3.8, 4) is 0 Å². The van der Waals surface area contributed by atoms with E-state index in [4.69, 9.17) is 5.73 Å². The van der Waals surface area contributed by atoms with E-state index in [2.05, 4.69) is 16.9 Å². The van der Waals surface area contributed by atoms with Crippen LogP contribution in [0.5, 0.6) is 0 Å². The number of hydrogen-bond donors (Lipinski definition) is 3. The molecule has 0 fully saturated rings. The number of H-pyrrole nitrogens is 1. The summed E-state index contributed by atoms with van der Waals surface area (Å²) in [4.78, 5) is 27.8. The molecule has 0 spiro atoms. The maximum Gasteiger partial charge on any atom is 0.253 e. The number of aryl methyl sites for hydroxylation is 2. The Kier molecular flexibility index (Phi) is 6.77. The fourth-order valence-corrected chi connectivity index (χ4v) is 3.06. The predicted molar refractivity (Wildman–Crippen MR) is 116 cm³/mol. The van der Waals surface area contributed by atoms with E-state index < -0.39 is 0 Å². The van der Waals surface area contributed by atoms with E-state index in [1.165, 1.54) is 0 Å². The van der Waals surface area contributed by atoms with Crippen LogP contribution in [0.1, 0.15) is 45.2 Å². The third-order valence-electron chi connectivity index (χ3n) is 4.59. The molecule has 0 atom stereocenters. The van der Waals surface area contributed by atoms with Gasteiger partial charge >= 0.3 is 0 Å². The van der Waals surface area contributed by atoms with Gasteiger partial charge in [-0.1, -0.05) is 30.9 Å². The van der Waals surface area contributed by atoms with Crippen LogP contribution in [0, 0.1) is 20.8 Å². The number of carbonyl (C=O) groups excluding carboxylic acids is 1. The zero-order valence-corrected chi connectivity index (χ0v) is 16.8. The molecule has 0 aliphatic carbocycles. The summed E-state index contributed by atoms with van der Waals surface area (Å²) in [5.41, 5.74) is 11.6. The van der Waals surface area contributed by atoms with Crippen molar-refractivity contribution in [2.45, 2.75) is 34.2 Å². The van der Waals surface area contributed by atoms with Crippen molar-refractivity contribution in [1.29, 1.82) is 0 Å². The van der Waals surface area contributed by atoms with Gasteiger partial charge in [0.05, 0.1) is 0 Å². The van der Waals surface area contributed by atoms with Crippen molar-refractivity contribution in [3.63, 3.8) is 0 Å². The van der Waals surface area contributed by atoms with Crippen LogP contribution in [0.25, 0.3) is 5.57 Å². The first kappa shape index (κ1) is 21.0. The van der Waals surface area contributed by atoms with Gasteiger partial charge in [-0.05, 0) is 68.2 Å². The largest absolute Gasteiger partial charge is 0.398 e. The Hall–Kier alpha value is -3.34. The highest BCUT2D eigenvalue weighted by Crippen LogP contribution is 2.25. The fraction of sp³-hybridized carbons (Fsp3) is 0.217. The zero-order valence-electron chi connectivity index (χ0n) is 16.8. The molecule has 5 heteroatoms. The quantitative estimate of drug-likeness (QED) is 0.526. The van der Waals surface area contributed by atoms with Crippen LogP contribution in [0.15, 0.2) is 53.9 Å². The Morgan fingerprint density at radius 1 is 1.25 bits per heavy atom. The number of anilines is 1. The van der Waals surface area contributed by atoms with Gasteiger partial charge in [0.2, 0.25) is 0 Å². The number of amides is 1. The van der Waals surface area contributed by atoms with Crippen LogP contribution in [0.2, 0.25) is 0 Å². The molecule has 0 aliphatic rings. The highest BCUT2D eigenvalue weighted by atomic mass is 16.1. The average molecular weight is 377 g/mol. The van der Waals surface area contributed by atoms with Crippen molar-refractivity contribution in [2.75, 3.05) is 5.73 Å². The van der Waals surface area contributed by atoms with Gasteiger partial charge in [-0.25, -0.2) is 0 Å². The van der Waals surface area contributed by atoms with Crippen LogP contribution >= 0.6 is 0 Å². The molecule has 0 saturated carbocycles. The Morgan fingerprint density at radius 2 is 1.96 bits per heavy atom.